The molecule has 1 saturated heterocycles. The zero-order valence-electron chi connectivity index (χ0n) is 9.95. The highest BCUT2D eigenvalue weighted by atomic mass is 16.3. The smallest absolute Gasteiger partial charge is 0.0639 e. The molecule has 0 unspecified atom stereocenters. The molecule has 1 heterocycles. The van der Waals surface area contributed by atoms with E-state index in [1.165, 1.54) is 0 Å². The van der Waals surface area contributed by atoms with Crippen LogP contribution in [0.4, 0.5) is 0 Å². The highest BCUT2D eigenvalue weighted by Gasteiger charge is 2.25. The van der Waals surface area contributed by atoms with E-state index in [0.29, 0.717) is 0 Å². The van der Waals surface area contributed by atoms with Gasteiger partial charge in [0.2, 0.25) is 0 Å². The molecule has 0 radical (unpaired) electrons. The van der Waals surface area contributed by atoms with E-state index in [2.05, 4.69) is 30.6 Å². The third-order valence-electron chi connectivity index (χ3n) is 2.84. The molecular formula is C11H24N2O. The molecule has 1 rings (SSSR count). The molecule has 3 nitrogen and oxygen atoms in total. The number of nitrogens with zero attached hydrogens (tertiary/aromatic N) is 2. The van der Waals surface area contributed by atoms with Crippen molar-refractivity contribution in [3.05, 3.63) is 0 Å². The summed E-state index contributed by atoms with van der Waals surface area (Å²) in [5.41, 5.74) is 0.289. The summed E-state index contributed by atoms with van der Waals surface area (Å²) in [6.45, 7) is 13.9. The van der Waals surface area contributed by atoms with E-state index in [1.807, 2.05) is 6.92 Å². The van der Waals surface area contributed by atoms with Crippen molar-refractivity contribution in [1.29, 1.82) is 0 Å². The Bertz CT molecular complexity index is 167. The molecule has 0 spiro atoms. The van der Waals surface area contributed by atoms with Crippen molar-refractivity contribution in [2.24, 2.45) is 0 Å². The zero-order chi connectivity index (χ0) is 10.8. The quantitative estimate of drug-likeness (QED) is 0.714. The van der Waals surface area contributed by atoms with Gasteiger partial charge in [-0.3, -0.25) is 9.80 Å². The fraction of sp³-hybridized carbons (Fsp3) is 1.00. The van der Waals surface area contributed by atoms with Gasteiger partial charge in [-0.1, -0.05) is 0 Å². The molecule has 0 aliphatic carbocycles. The average Bonchev–Trinajstić information content (AvgIpc) is 2.02. The first-order valence-corrected chi connectivity index (χ1v) is 5.55. The molecule has 84 valence electrons. The number of hydrogen-bond acceptors (Lipinski definition) is 3. The van der Waals surface area contributed by atoms with Gasteiger partial charge in [0, 0.05) is 38.3 Å². The van der Waals surface area contributed by atoms with Crippen molar-refractivity contribution < 1.29 is 5.11 Å². The Morgan fingerprint density at radius 2 is 1.64 bits per heavy atom. The number of β-amino-alcohol motifs (C(OH)–C–C–N with tert-alkyl or cyclic N) is 1. The molecule has 0 saturated carbocycles. The van der Waals surface area contributed by atoms with Gasteiger partial charge in [0.15, 0.2) is 0 Å². The summed E-state index contributed by atoms with van der Waals surface area (Å²) in [6, 6.07) is 0. The Morgan fingerprint density at radius 1 is 1.14 bits per heavy atom. The van der Waals surface area contributed by atoms with Crippen molar-refractivity contribution >= 4 is 0 Å². The van der Waals surface area contributed by atoms with Crippen LogP contribution in [-0.4, -0.2) is 59.3 Å². The van der Waals surface area contributed by atoms with Gasteiger partial charge < -0.3 is 5.11 Å². The predicted octanol–water partition coefficient (Wildman–Crippen LogP) is 0.783. The Hall–Kier alpha value is -0.120. The largest absolute Gasteiger partial charge is 0.392 e. The average molecular weight is 200 g/mol. The van der Waals surface area contributed by atoms with Crippen LogP contribution in [0.5, 0.6) is 0 Å². The fourth-order valence-corrected chi connectivity index (χ4v) is 1.97. The Balaban J connectivity index is 2.31. The van der Waals surface area contributed by atoms with Crippen molar-refractivity contribution in [2.45, 2.75) is 39.3 Å². The molecule has 1 atom stereocenters. The van der Waals surface area contributed by atoms with Gasteiger partial charge in [-0.2, -0.15) is 0 Å². The highest BCUT2D eigenvalue weighted by Crippen LogP contribution is 2.15. The standard InChI is InChI=1S/C11H24N2O/c1-10(14)9-12-5-7-13(8-6-12)11(2,3)4/h10,14H,5-9H2,1-4H3/t10-/m0/s1. The van der Waals surface area contributed by atoms with Crippen LogP contribution in [0.25, 0.3) is 0 Å². The van der Waals surface area contributed by atoms with E-state index in [4.69, 9.17) is 0 Å². The summed E-state index contributed by atoms with van der Waals surface area (Å²) >= 11 is 0. The van der Waals surface area contributed by atoms with E-state index in [9.17, 15) is 5.11 Å². The fourth-order valence-electron chi connectivity index (χ4n) is 1.97. The number of aliphatic hydroxyl groups is 1. The van der Waals surface area contributed by atoms with Crippen LogP contribution in [0.3, 0.4) is 0 Å². The molecule has 1 aliphatic rings. The predicted molar refractivity (Wildman–Crippen MR) is 59.4 cm³/mol. The molecule has 1 fully saturated rings. The second-order valence-electron chi connectivity index (χ2n) is 5.31. The molecule has 0 aromatic heterocycles. The number of aliphatic hydroxyl groups excluding tert-OH is 1. The maximum Gasteiger partial charge on any atom is 0.0639 e. The van der Waals surface area contributed by atoms with Gasteiger partial charge in [0.1, 0.15) is 0 Å². The van der Waals surface area contributed by atoms with Crippen molar-refractivity contribution in [2.75, 3.05) is 32.7 Å². The maximum atomic E-state index is 9.28. The summed E-state index contributed by atoms with van der Waals surface area (Å²) in [6.07, 6.45) is -0.198. The van der Waals surface area contributed by atoms with Crippen molar-refractivity contribution in [3.63, 3.8) is 0 Å². The third kappa shape index (κ3) is 3.56. The number of piperazine rings is 1. The SMILES string of the molecule is C[C@H](O)CN1CCN(C(C)(C)C)CC1. The van der Waals surface area contributed by atoms with Gasteiger partial charge in [-0.25, -0.2) is 0 Å². The lowest BCUT2D eigenvalue weighted by Crippen LogP contribution is -2.54. The first-order valence-electron chi connectivity index (χ1n) is 5.55. The van der Waals surface area contributed by atoms with E-state index in [0.717, 1.165) is 32.7 Å². The lowest BCUT2D eigenvalue weighted by atomic mass is 10.0. The number of hydrogen-bond donors (Lipinski definition) is 1. The van der Waals surface area contributed by atoms with E-state index in [1.54, 1.807) is 0 Å². The first-order chi connectivity index (χ1) is 6.39. The van der Waals surface area contributed by atoms with Crippen LogP contribution in [0, 0.1) is 0 Å². The minimum atomic E-state index is -0.198. The van der Waals surface area contributed by atoms with Gasteiger partial charge in [0.25, 0.3) is 0 Å². The van der Waals surface area contributed by atoms with E-state index < -0.39 is 0 Å². The van der Waals surface area contributed by atoms with Crippen LogP contribution in [-0.2, 0) is 0 Å². The molecular weight excluding hydrogens is 176 g/mol. The first kappa shape index (κ1) is 12.0. The van der Waals surface area contributed by atoms with E-state index >= 15 is 0 Å². The Labute approximate surface area is 87.7 Å². The molecule has 1 N–H and O–H groups in total. The topological polar surface area (TPSA) is 26.7 Å². The summed E-state index contributed by atoms with van der Waals surface area (Å²) < 4.78 is 0. The number of rotatable bonds is 2. The van der Waals surface area contributed by atoms with Gasteiger partial charge in [0.05, 0.1) is 6.10 Å². The molecule has 14 heavy (non-hydrogen) atoms. The minimum absolute atomic E-state index is 0.198. The monoisotopic (exact) mass is 200 g/mol. The van der Waals surface area contributed by atoms with Crippen LogP contribution in [0.2, 0.25) is 0 Å². The van der Waals surface area contributed by atoms with Crippen molar-refractivity contribution in [1.82, 2.24) is 9.80 Å². The summed E-state index contributed by atoms with van der Waals surface area (Å²) in [5.74, 6) is 0. The second kappa shape index (κ2) is 4.60. The molecule has 1 aliphatic heterocycles. The summed E-state index contributed by atoms with van der Waals surface area (Å²) in [4.78, 5) is 4.85. The van der Waals surface area contributed by atoms with Crippen molar-refractivity contribution in [3.8, 4) is 0 Å². The van der Waals surface area contributed by atoms with Crippen LogP contribution in [0.15, 0.2) is 0 Å². The lowest BCUT2D eigenvalue weighted by Gasteiger charge is -2.42. The van der Waals surface area contributed by atoms with Gasteiger partial charge in [-0.05, 0) is 27.7 Å². The zero-order valence-corrected chi connectivity index (χ0v) is 9.95. The molecule has 0 aromatic carbocycles. The van der Waals surface area contributed by atoms with E-state index in [-0.39, 0.29) is 11.6 Å². The van der Waals surface area contributed by atoms with Crippen LogP contribution in [0.1, 0.15) is 27.7 Å². The Morgan fingerprint density at radius 3 is 2.00 bits per heavy atom. The molecule has 3 heteroatoms. The second-order valence-corrected chi connectivity index (χ2v) is 5.31. The lowest BCUT2D eigenvalue weighted by molar-refractivity contribution is 0.0406. The highest BCUT2D eigenvalue weighted by molar-refractivity contribution is 4.82. The van der Waals surface area contributed by atoms with Gasteiger partial charge in [-0.15, -0.1) is 0 Å². The van der Waals surface area contributed by atoms with Crippen LogP contribution >= 0.6 is 0 Å². The minimum Gasteiger partial charge on any atom is -0.392 e. The van der Waals surface area contributed by atoms with Crippen LogP contribution < -0.4 is 0 Å². The summed E-state index contributed by atoms with van der Waals surface area (Å²) in [7, 11) is 0. The normalized spacial score (nSPS) is 23.8. The Kier molecular flexibility index (Phi) is 3.93. The molecule has 0 aromatic rings. The molecule has 0 bridgehead atoms. The molecule has 0 amide bonds. The summed E-state index contributed by atoms with van der Waals surface area (Å²) in [5, 5.41) is 9.28. The maximum absolute atomic E-state index is 9.28. The van der Waals surface area contributed by atoms with Gasteiger partial charge >= 0.3 is 0 Å². The third-order valence-corrected chi connectivity index (χ3v) is 2.84.